The largest absolute Gasteiger partial charge is 0.364 e. The van der Waals surface area contributed by atoms with Gasteiger partial charge in [-0.25, -0.2) is 4.63 Å². The molecule has 2 aromatic rings. The summed E-state index contributed by atoms with van der Waals surface area (Å²) in [7, 11) is 0. The Labute approximate surface area is 55.6 Å². The quantitative estimate of drug-likeness (QED) is 0.579. The first kappa shape index (κ1) is 5.16. The van der Waals surface area contributed by atoms with E-state index in [1.54, 1.807) is 6.07 Å². The molecule has 2 rings (SSSR count). The van der Waals surface area contributed by atoms with Gasteiger partial charge in [-0.1, -0.05) is 10.3 Å². The normalized spacial score (nSPS) is 10.0. The van der Waals surface area contributed by atoms with Crippen molar-refractivity contribution in [2.24, 2.45) is 0 Å². The van der Waals surface area contributed by atoms with Crippen LogP contribution in [0.1, 0.15) is 0 Å². The fourth-order valence-corrected chi connectivity index (χ4v) is 0.622. The van der Waals surface area contributed by atoms with Crippen molar-refractivity contribution in [3.63, 3.8) is 0 Å². The molecule has 5 nitrogen and oxygen atoms in total. The van der Waals surface area contributed by atoms with Crippen LogP contribution < -0.4 is 0 Å². The average molecular weight is 137 g/mol. The molecular formula is C5H3N3O2. The highest BCUT2D eigenvalue weighted by Crippen LogP contribution is 2.10. The Morgan fingerprint density at radius 1 is 1.20 bits per heavy atom. The molecule has 0 radical (unpaired) electrons. The summed E-state index contributed by atoms with van der Waals surface area (Å²) in [6.07, 6.45) is 2.93. The summed E-state index contributed by atoms with van der Waals surface area (Å²) in [6.45, 7) is 0. The SMILES string of the molecule is c1cc(-c2cnon2)no1. The maximum absolute atomic E-state index is 4.58. The lowest BCUT2D eigenvalue weighted by atomic mass is 10.3. The van der Waals surface area contributed by atoms with Gasteiger partial charge in [-0.05, 0) is 5.16 Å². The van der Waals surface area contributed by atoms with Crippen molar-refractivity contribution in [2.45, 2.75) is 0 Å². The molecule has 0 aliphatic carbocycles. The molecule has 0 aliphatic rings. The van der Waals surface area contributed by atoms with Crippen molar-refractivity contribution < 1.29 is 9.15 Å². The second kappa shape index (κ2) is 1.94. The lowest BCUT2D eigenvalue weighted by molar-refractivity contribution is 0.308. The van der Waals surface area contributed by atoms with E-state index in [2.05, 4.69) is 24.6 Å². The third-order valence-corrected chi connectivity index (χ3v) is 1.06. The van der Waals surface area contributed by atoms with E-state index < -0.39 is 0 Å². The minimum absolute atomic E-state index is 0.578. The van der Waals surface area contributed by atoms with Crippen LogP contribution in [-0.4, -0.2) is 15.5 Å². The molecule has 2 heterocycles. The lowest BCUT2D eigenvalue weighted by Gasteiger charge is -1.76. The van der Waals surface area contributed by atoms with Gasteiger partial charge in [0.2, 0.25) is 0 Å². The molecule has 2 aromatic heterocycles. The standard InChI is InChI=1S/C5H3N3O2/c1-2-9-7-4(1)5-3-6-10-8-5/h1-3H. The van der Waals surface area contributed by atoms with Gasteiger partial charge < -0.3 is 4.52 Å². The highest BCUT2D eigenvalue weighted by atomic mass is 16.6. The van der Waals surface area contributed by atoms with Gasteiger partial charge in [0.15, 0.2) is 5.69 Å². The summed E-state index contributed by atoms with van der Waals surface area (Å²) in [6, 6.07) is 1.68. The van der Waals surface area contributed by atoms with Gasteiger partial charge >= 0.3 is 0 Å². The van der Waals surface area contributed by atoms with Gasteiger partial charge in [-0.3, -0.25) is 0 Å². The summed E-state index contributed by atoms with van der Waals surface area (Å²) in [4.78, 5) is 0. The summed E-state index contributed by atoms with van der Waals surface area (Å²) < 4.78 is 8.94. The van der Waals surface area contributed by atoms with E-state index in [-0.39, 0.29) is 0 Å². The minimum atomic E-state index is 0.578. The summed E-state index contributed by atoms with van der Waals surface area (Å²) in [5.74, 6) is 0. The van der Waals surface area contributed by atoms with Gasteiger partial charge in [0.25, 0.3) is 0 Å². The number of nitrogens with zero attached hydrogens (tertiary/aromatic N) is 3. The molecule has 0 saturated heterocycles. The van der Waals surface area contributed by atoms with E-state index in [9.17, 15) is 0 Å². The second-order valence-corrected chi connectivity index (χ2v) is 1.68. The summed E-state index contributed by atoms with van der Waals surface area (Å²) >= 11 is 0. The van der Waals surface area contributed by atoms with E-state index in [1.165, 1.54) is 12.5 Å². The van der Waals surface area contributed by atoms with Gasteiger partial charge in [-0.2, -0.15) is 0 Å². The van der Waals surface area contributed by atoms with Crippen LogP contribution in [0.2, 0.25) is 0 Å². The molecule has 5 heteroatoms. The van der Waals surface area contributed by atoms with Crippen LogP contribution in [0.25, 0.3) is 11.4 Å². The first-order chi connectivity index (χ1) is 4.97. The maximum atomic E-state index is 4.58. The average Bonchev–Trinajstić information content (AvgIpc) is 2.59. The lowest BCUT2D eigenvalue weighted by Crippen LogP contribution is -1.73. The fourth-order valence-electron chi connectivity index (χ4n) is 0.622. The zero-order valence-electron chi connectivity index (χ0n) is 4.89. The zero-order valence-corrected chi connectivity index (χ0v) is 4.89. The molecule has 0 atom stereocenters. The first-order valence-corrected chi connectivity index (χ1v) is 2.65. The number of aromatic nitrogens is 3. The monoisotopic (exact) mass is 137 g/mol. The molecule has 10 heavy (non-hydrogen) atoms. The second-order valence-electron chi connectivity index (χ2n) is 1.68. The molecule has 50 valence electrons. The van der Waals surface area contributed by atoms with E-state index in [0.717, 1.165) is 0 Å². The molecule has 0 aliphatic heterocycles. The van der Waals surface area contributed by atoms with Crippen LogP contribution in [0.4, 0.5) is 0 Å². The summed E-state index contributed by atoms with van der Waals surface area (Å²) in [5.41, 5.74) is 1.20. The number of hydrogen-bond donors (Lipinski definition) is 0. The van der Waals surface area contributed by atoms with Crippen LogP contribution in [0, 0.1) is 0 Å². The van der Waals surface area contributed by atoms with Crippen molar-refractivity contribution in [3.05, 3.63) is 18.5 Å². The van der Waals surface area contributed by atoms with Gasteiger partial charge in [0.05, 0.1) is 0 Å². The van der Waals surface area contributed by atoms with Gasteiger partial charge in [0, 0.05) is 6.07 Å². The molecule has 0 bridgehead atoms. The molecule has 0 spiro atoms. The molecule has 0 amide bonds. The third-order valence-electron chi connectivity index (χ3n) is 1.06. The van der Waals surface area contributed by atoms with E-state index in [4.69, 9.17) is 0 Å². The first-order valence-electron chi connectivity index (χ1n) is 2.65. The molecule has 0 N–H and O–H groups in total. The van der Waals surface area contributed by atoms with Crippen molar-refractivity contribution >= 4 is 0 Å². The zero-order chi connectivity index (χ0) is 6.81. The van der Waals surface area contributed by atoms with E-state index >= 15 is 0 Å². The van der Waals surface area contributed by atoms with Crippen LogP contribution in [0.5, 0.6) is 0 Å². The van der Waals surface area contributed by atoms with Crippen molar-refractivity contribution in [1.29, 1.82) is 0 Å². The van der Waals surface area contributed by atoms with E-state index in [0.29, 0.717) is 11.4 Å². The van der Waals surface area contributed by atoms with Crippen molar-refractivity contribution in [1.82, 2.24) is 15.5 Å². The Balaban J connectivity index is 2.48. The van der Waals surface area contributed by atoms with Gasteiger partial charge in [-0.15, -0.1) is 0 Å². The van der Waals surface area contributed by atoms with Crippen LogP contribution in [0.15, 0.2) is 27.7 Å². The maximum Gasteiger partial charge on any atom is 0.156 e. The molecule has 0 unspecified atom stereocenters. The smallest absolute Gasteiger partial charge is 0.156 e. The predicted molar refractivity (Wildman–Crippen MR) is 29.8 cm³/mol. The predicted octanol–water partition coefficient (Wildman–Crippen LogP) is 0.725. The Kier molecular flexibility index (Phi) is 1.00. The number of rotatable bonds is 1. The van der Waals surface area contributed by atoms with E-state index in [1.807, 2.05) is 0 Å². The highest BCUT2D eigenvalue weighted by molar-refractivity contribution is 5.49. The highest BCUT2D eigenvalue weighted by Gasteiger charge is 2.03. The molecule has 0 fully saturated rings. The summed E-state index contributed by atoms with van der Waals surface area (Å²) in [5, 5.41) is 10.6. The Bertz CT molecular complexity index is 254. The molecular weight excluding hydrogens is 134 g/mol. The van der Waals surface area contributed by atoms with Crippen LogP contribution in [0.3, 0.4) is 0 Å². The molecule has 0 saturated carbocycles. The molecule has 0 aromatic carbocycles. The topological polar surface area (TPSA) is 65.0 Å². The van der Waals surface area contributed by atoms with Crippen LogP contribution in [-0.2, 0) is 0 Å². The Morgan fingerprint density at radius 3 is 2.80 bits per heavy atom. The van der Waals surface area contributed by atoms with Gasteiger partial charge in [0.1, 0.15) is 18.2 Å². The number of hydrogen-bond acceptors (Lipinski definition) is 5. The van der Waals surface area contributed by atoms with Crippen molar-refractivity contribution in [2.75, 3.05) is 0 Å². The van der Waals surface area contributed by atoms with Crippen LogP contribution >= 0.6 is 0 Å². The Morgan fingerprint density at radius 2 is 2.20 bits per heavy atom. The minimum Gasteiger partial charge on any atom is -0.364 e. The fraction of sp³-hybridized carbons (Fsp3) is 0. The third kappa shape index (κ3) is 0.680. The Hall–Kier alpha value is -1.65. The van der Waals surface area contributed by atoms with Crippen molar-refractivity contribution in [3.8, 4) is 11.4 Å².